The van der Waals surface area contributed by atoms with Crippen molar-refractivity contribution in [1.82, 2.24) is 0 Å². The molecule has 2 rings (SSSR count). The third-order valence-corrected chi connectivity index (χ3v) is 2.29. The number of halogens is 1. The van der Waals surface area contributed by atoms with E-state index in [1.807, 2.05) is 0 Å². The Morgan fingerprint density at radius 3 is 2.86 bits per heavy atom. The van der Waals surface area contributed by atoms with Crippen molar-refractivity contribution >= 4 is 17.4 Å². The largest absolute Gasteiger partial charge is 0.453 e. The highest BCUT2D eigenvalue weighted by atomic mass is 35.5. The third kappa shape index (κ3) is 1.55. The molecule has 0 aliphatic carbocycles. The molecule has 0 N–H and O–H groups in total. The minimum absolute atomic E-state index is 0.0880. The molecule has 0 bridgehead atoms. The van der Waals surface area contributed by atoms with Crippen molar-refractivity contribution in [1.29, 1.82) is 0 Å². The van der Waals surface area contributed by atoms with Gasteiger partial charge in [0, 0.05) is 12.0 Å². The van der Waals surface area contributed by atoms with E-state index < -0.39 is 0 Å². The maximum Gasteiger partial charge on any atom is 0.231 e. The van der Waals surface area contributed by atoms with Gasteiger partial charge in [-0.05, 0) is 13.0 Å². The van der Waals surface area contributed by atoms with Crippen LogP contribution in [0.4, 0.5) is 0 Å². The van der Waals surface area contributed by atoms with Crippen LogP contribution in [-0.2, 0) is 11.2 Å². The SMILES string of the molecule is CC(=O)Cc1ccc(Cl)c2c1OCO2. The highest BCUT2D eigenvalue weighted by Gasteiger charge is 2.21. The zero-order valence-electron chi connectivity index (χ0n) is 7.67. The van der Waals surface area contributed by atoms with Crippen molar-refractivity contribution in [3.63, 3.8) is 0 Å². The zero-order valence-corrected chi connectivity index (χ0v) is 8.43. The monoisotopic (exact) mass is 212 g/mol. The van der Waals surface area contributed by atoms with Crippen molar-refractivity contribution in [3.8, 4) is 11.5 Å². The van der Waals surface area contributed by atoms with E-state index in [2.05, 4.69) is 0 Å². The Bertz CT molecular complexity index is 387. The summed E-state index contributed by atoms with van der Waals surface area (Å²) in [6, 6.07) is 3.50. The predicted octanol–water partition coefficient (Wildman–Crippen LogP) is 2.20. The van der Waals surface area contributed by atoms with E-state index >= 15 is 0 Å². The normalized spacial score (nSPS) is 13.0. The average molecular weight is 213 g/mol. The second kappa shape index (κ2) is 3.50. The first kappa shape index (κ1) is 9.34. The molecular formula is C10H9ClO3. The van der Waals surface area contributed by atoms with Crippen molar-refractivity contribution in [2.24, 2.45) is 0 Å². The molecule has 1 heterocycles. The lowest BCUT2D eigenvalue weighted by Crippen LogP contribution is -1.98. The standard InChI is InChI=1S/C10H9ClO3/c1-6(12)4-7-2-3-8(11)10-9(7)13-5-14-10/h2-3H,4-5H2,1H3. The van der Waals surface area contributed by atoms with Gasteiger partial charge in [0.25, 0.3) is 0 Å². The Hall–Kier alpha value is -1.22. The molecule has 0 fully saturated rings. The maximum absolute atomic E-state index is 11.0. The van der Waals surface area contributed by atoms with Gasteiger partial charge < -0.3 is 9.47 Å². The summed E-state index contributed by atoms with van der Waals surface area (Å²) >= 11 is 5.89. The van der Waals surface area contributed by atoms with E-state index in [0.717, 1.165) is 5.56 Å². The van der Waals surface area contributed by atoms with E-state index in [-0.39, 0.29) is 12.6 Å². The second-order valence-corrected chi connectivity index (χ2v) is 3.56. The molecule has 0 unspecified atom stereocenters. The van der Waals surface area contributed by atoms with Crippen LogP contribution < -0.4 is 9.47 Å². The quantitative estimate of drug-likeness (QED) is 0.754. The summed E-state index contributed by atoms with van der Waals surface area (Å²) in [6.45, 7) is 1.71. The average Bonchev–Trinajstić information content (AvgIpc) is 2.58. The van der Waals surface area contributed by atoms with E-state index in [4.69, 9.17) is 21.1 Å². The number of hydrogen-bond donors (Lipinski definition) is 0. The summed E-state index contributed by atoms with van der Waals surface area (Å²) in [5.41, 5.74) is 0.828. The van der Waals surface area contributed by atoms with Gasteiger partial charge in [-0.25, -0.2) is 0 Å². The van der Waals surface area contributed by atoms with Gasteiger partial charge in [0.1, 0.15) is 5.78 Å². The molecule has 0 saturated heterocycles. The van der Waals surface area contributed by atoms with Crippen LogP contribution in [0, 0.1) is 0 Å². The molecule has 74 valence electrons. The lowest BCUT2D eigenvalue weighted by Gasteiger charge is -2.04. The summed E-state index contributed by atoms with van der Waals surface area (Å²) < 4.78 is 10.4. The summed E-state index contributed by atoms with van der Waals surface area (Å²) in [4.78, 5) is 11.0. The van der Waals surface area contributed by atoms with E-state index in [0.29, 0.717) is 22.9 Å². The highest BCUT2D eigenvalue weighted by Crippen LogP contribution is 2.41. The molecule has 0 radical (unpaired) electrons. The second-order valence-electron chi connectivity index (χ2n) is 3.15. The molecule has 0 aromatic heterocycles. The number of carbonyl (C=O) groups is 1. The van der Waals surface area contributed by atoms with Gasteiger partial charge in [0.15, 0.2) is 11.5 Å². The van der Waals surface area contributed by atoms with Crippen LogP contribution in [0.5, 0.6) is 11.5 Å². The number of fused-ring (bicyclic) bond motifs is 1. The van der Waals surface area contributed by atoms with Crippen LogP contribution in [-0.4, -0.2) is 12.6 Å². The highest BCUT2D eigenvalue weighted by molar-refractivity contribution is 6.32. The van der Waals surface area contributed by atoms with Crippen LogP contribution in [0.1, 0.15) is 12.5 Å². The fourth-order valence-electron chi connectivity index (χ4n) is 1.43. The smallest absolute Gasteiger partial charge is 0.231 e. The fourth-order valence-corrected chi connectivity index (χ4v) is 1.63. The minimum atomic E-state index is 0.0880. The molecule has 0 spiro atoms. The van der Waals surface area contributed by atoms with E-state index in [9.17, 15) is 4.79 Å². The summed E-state index contributed by atoms with van der Waals surface area (Å²) in [6.07, 6.45) is 0.350. The summed E-state index contributed by atoms with van der Waals surface area (Å²) in [7, 11) is 0. The summed E-state index contributed by atoms with van der Waals surface area (Å²) in [5, 5.41) is 0.518. The molecule has 3 nitrogen and oxygen atoms in total. The summed E-state index contributed by atoms with van der Waals surface area (Å²) in [5.74, 6) is 1.24. The van der Waals surface area contributed by atoms with Crippen LogP contribution in [0.15, 0.2) is 12.1 Å². The van der Waals surface area contributed by atoms with Gasteiger partial charge in [0.2, 0.25) is 6.79 Å². The molecular weight excluding hydrogens is 204 g/mol. The molecule has 0 atom stereocenters. The molecule has 1 aromatic carbocycles. The number of rotatable bonds is 2. The molecule has 1 aliphatic rings. The minimum Gasteiger partial charge on any atom is -0.453 e. The topological polar surface area (TPSA) is 35.5 Å². The lowest BCUT2D eigenvalue weighted by molar-refractivity contribution is -0.116. The van der Waals surface area contributed by atoms with Crippen LogP contribution in [0.3, 0.4) is 0 Å². The Morgan fingerprint density at radius 1 is 1.43 bits per heavy atom. The van der Waals surface area contributed by atoms with Gasteiger partial charge in [-0.2, -0.15) is 0 Å². The number of Topliss-reactive ketones (excluding diaryl/α,β-unsaturated/α-hetero) is 1. The Labute approximate surface area is 86.6 Å². The Morgan fingerprint density at radius 2 is 2.14 bits per heavy atom. The predicted molar refractivity (Wildman–Crippen MR) is 52.0 cm³/mol. The molecule has 14 heavy (non-hydrogen) atoms. The van der Waals surface area contributed by atoms with Crippen molar-refractivity contribution < 1.29 is 14.3 Å². The van der Waals surface area contributed by atoms with E-state index in [1.54, 1.807) is 12.1 Å². The number of ketones is 1. The maximum atomic E-state index is 11.0. The molecule has 0 amide bonds. The van der Waals surface area contributed by atoms with Crippen LogP contribution in [0.2, 0.25) is 5.02 Å². The number of hydrogen-bond acceptors (Lipinski definition) is 3. The number of carbonyl (C=O) groups excluding carboxylic acids is 1. The van der Waals surface area contributed by atoms with Crippen molar-refractivity contribution in [2.45, 2.75) is 13.3 Å². The van der Waals surface area contributed by atoms with E-state index in [1.165, 1.54) is 6.92 Å². The first-order chi connectivity index (χ1) is 6.68. The van der Waals surface area contributed by atoms with Gasteiger partial charge in [-0.3, -0.25) is 4.79 Å². The van der Waals surface area contributed by atoms with Gasteiger partial charge in [-0.15, -0.1) is 0 Å². The van der Waals surface area contributed by atoms with Crippen molar-refractivity contribution in [2.75, 3.05) is 6.79 Å². The van der Waals surface area contributed by atoms with Crippen LogP contribution in [0.25, 0.3) is 0 Å². The fraction of sp³-hybridized carbons (Fsp3) is 0.300. The van der Waals surface area contributed by atoms with Crippen molar-refractivity contribution in [3.05, 3.63) is 22.7 Å². The molecule has 4 heteroatoms. The Balaban J connectivity index is 2.43. The lowest BCUT2D eigenvalue weighted by atomic mass is 10.1. The van der Waals surface area contributed by atoms with Gasteiger partial charge in [0.05, 0.1) is 5.02 Å². The number of ether oxygens (including phenoxy) is 2. The third-order valence-electron chi connectivity index (χ3n) is 1.99. The van der Waals surface area contributed by atoms with Gasteiger partial charge in [-0.1, -0.05) is 17.7 Å². The first-order valence-corrected chi connectivity index (χ1v) is 4.62. The first-order valence-electron chi connectivity index (χ1n) is 4.25. The molecule has 1 aromatic rings. The van der Waals surface area contributed by atoms with Gasteiger partial charge >= 0.3 is 0 Å². The Kier molecular flexibility index (Phi) is 2.33. The number of benzene rings is 1. The van der Waals surface area contributed by atoms with Crippen LogP contribution >= 0.6 is 11.6 Å². The molecule has 1 aliphatic heterocycles. The molecule has 0 saturated carbocycles. The zero-order chi connectivity index (χ0) is 10.1.